The molecule has 0 radical (unpaired) electrons. The van der Waals surface area contributed by atoms with E-state index in [-0.39, 0.29) is 11.7 Å². The first-order valence-corrected chi connectivity index (χ1v) is 6.34. The molecule has 2 aromatic rings. The average Bonchev–Trinajstić information content (AvgIpc) is 2.88. The molecule has 2 aromatic heterocycles. The van der Waals surface area contributed by atoms with Gasteiger partial charge in [-0.05, 0) is 24.5 Å². The third-order valence-corrected chi connectivity index (χ3v) is 3.51. The van der Waals surface area contributed by atoms with Gasteiger partial charge in [0.2, 0.25) is 5.82 Å². The van der Waals surface area contributed by atoms with E-state index in [1.54, 1.807) is 11.9 Å². The van der Waals surface area contributed by atoms with E-state index < -0.39 is 0 Å². The number of hydrogen-bond donors (Lipinski definition) is 1. The molecule has 1 amide bonds. The number of nitrogens with zero attached hydrogens (tertiary/aromatic N) is 3. The quantitative estimate of drug-likeness (QED) is 0.909. The number of rotatable bonds is 4. The highest BCUT2D eigenvalue weighted by Gasteiger charge is 2.36. The Bertz CT molecular complexity index is 575. The van der Waals surface area contributed by atoms with Gasteiger partial charge < -0.3 is 9.32 Å². The summed E-state index contributed by atoms with van der Waals surface area (Å²) in [7, 11) is 1.72. The van der Waals surface area contributed by atoms with E-state index in [2.05, 4.69) is 22.1 Å². The van der Waals surface area contributed by atoms with Crippen molar-refractivity contribution in [2.24, 2.45) is 5.92 Å². The summed E-state index contributed by atoms with van der Waals surface area (Å²) < 4.78 is 5.78. The number of carbonyl (C=O) groups is 1. The van der Waals surface area contributed by atoms with Crippen molar-refractivity contribution in [2.75, 3.05) is 7.05 Å². The monoisotopic (exact) mass is 260 g/mol. The second-order valence-corrected chi connectivity index (χ2v) is 5.12. The van der Waals surface area contributed by atoms with Gasteiger partial charge in [-0.1, -0.05) is 6.92 Å². The van der Waals surface area contributed by atoms with Gasteiger partial charge >= 0.3 is 0 Å². The van der Waals surface area contributed by atoms with Crippen LogP contribution in [-0.4, -0.2) is 33.0 Å². The smallest absolute Gasteiger partial charge is 0.291 e. The molecule has 6 heteroatoms. The van der Waals surface area contributed by atoms with Crippen LogP contribution in [-0.2, 0) is 6.54 Å². The van der Waals surface area contributed by atoms with Crippen LogP contribution < -0.4 is 0 Å². The Kier molecular flexibility index (Phi) is 2.85. The van der Waals surface area contributed by atoms with Crippen LogP contribution in [0.1, 0.15) is 41.4 Å². The minimum atomic E-state index is -0.199. The second-order valence-electron chi connectivity index (χ2n) is 5.12. The van der Waals surface area contributed by atoms with Crippen molar-refractivity contribution < 1.29 is 9.21 Å². The summed E-state index contributed by atoms with van der Waals surface area (Å²) in [5, 5.41) is 6.23. The summed E-state index contributed by atoms with van der Waals surface area (Å²) in [5.41, 5.74) is 0. The molecule has 1 saturated carbocycles. The van der Waals surface area contributed by atoms with Gasteiger partial charge in [-0.25, -0.2) is 4.98 Å². The van der Waals surface area contributed by atoms with Crippen LogP contribution in [0.4, 0.5) is 0 Å². The van der Waals surface area contributed by atoms with Gasteiger partial charge in [0.15, 0.2) is 0 Å². The highest BCUT2D eigenvalue weighted by Crippen LogP contribution is 2.47. The standard InChI is InChI=1S/C13H16N4O2/c1-8-5-10(8)11-4-3-9(19-11)6-17(2)13(18)12-14-7-15-16-12/h3-4,7-8,10H,5-6H2,1-2H3,(H,14,15,16). The number of aromatic nitrogens is 3. The van der Waals surface area contributed by atoms with Crippen LogP contribution in [0.3, 0.4) is 0 Å². The lowest BCUT2D eigenvalue weighted by molar-refractivity contribution is 0.0763. The van der Waals surface area contributed by atoms with Crippen LogP contribution in [0.25, 0.3) is 0 Å². The summed E-state index contributed by atoms with van der Waals surface area (Å²) in [6.07, 6.45) is 2.51. The minimum Gasteiger partial charge on any atom is -0.464 e. The van der Waals surface area contributed by atoms with Crippen molar-refractivity contribution in [1.29, 1.82) is 0 Å². The molecule has 0 spiro atoms. The van der Waals surface area contributed by atoms with Gasteiger partial charge in [0.25, 0.3) is 5.91 Å². The normalized spacial score (nSPS) is 21.4. The summed E-state index contributed by atoms with van der Waals surface area (Å²) in [6.45, 7) is 2.65. The van der Waals surface area contributed by atoms with E-state index >= 15 is 0 Å². The van der Waals surface area contributed by atoms with Crippen LogP contribution in [0.2, 0.25) is 0 Å². The predicted octanol–water partition coefficient (Wildman–Crippen LogP) is 1.79. The predicted molar refractivity (Wildman–Crippen MR) is 67.4 cm³/mol. The first-order chi connectivity index (χ1) is 9.15. The van der Waals surface area contributed by atoms with E-state index in [9.17, 15) is 4.79 Å². The van der Waals surface area contributed by atoms with E-state index in [0.29, 0.717) is 18.4 Å². The van der Waals surface area contributed by atoms with E-state index in [0.717, 1.165) is 11.5 Å². The lowest BCUT2D eigenvalue weighted by atomic mass is 10.3. The lowest BCUT2D eigenvalue weighted by Crippen LogP contribution is -2.27. The summed E-state index contributed by atoms with van der Waals surface area (Å²) in [4.78, 5) is 17.4. The molecule has 1 aliphatic rings. The molecule has 6 nitrogen and oxygen atoms in total. The van der Waals surface area contributed by atoms with Crippen molar-refractivity contribution in [3.8, 4) is 0 Å². The number of amides is 1. The number of nitrogens with one attached hydrogen (secondary N) is 1. The zero-order valence-corrected chi connectivity index (χ0v) is 11.0. The Morgan fingerprint density at radius 2 is 2.37 bits per heavy atom. The van der Waals surface area contributed by atoms with Crippen molar-refractivity contribution in [3.63, 3.8) is 0 Å². The Morgan fingerprint density at radius 3 is 3.00 bits per heavy atom. The molecular weight excluding hydrogens is 244 g/mol. The van der Waals surface area contributed by atoms with Crippen molar-refractivity contribution in [1.82, 2.24) is 20.1 Å². The highest BCUT2D eigenvalue weighted by atomic mass is 16.3. The van der Waals surface area contributed by atoms with E-state index in [1.807, 2.05) is 12.1 Å². The first kappa shape index (κ1) is 12.0. The van der Waals surface area contributed by atoms with Crippen LogP contribution in [0.5, 0.6) is 0 Å². The Labute approximate surface area is 110 Å². The molecule has 0 aromatic carbocycles. The molecule has 100 valence electrons. The maximum Gasteiger partial charge on any atom is 0.291 e. The third-order valence-electron chi connectivity index (χ3n) is 3.51. The zero-order valence-electron chi connectivity index (χ0n) is 11.0. The van der Waals surface area contributed by atoms with Gasteiger partial charge in [-0.2, -0.15) is 5.10 Å². The van der Waals surface area contributed by atoms with E-state index in [1.165, 1.54) is 12.7 Å². The Morgan fingerprint density at radius 1 is 1.58 bits per heavy atom. The maximum atomic E-state index is 12.0. The molecule has 2 atom stereocenters. The van der Waals surface area contributed by atoms with Gasteiger partial charge in [-0.3, -0.25) is 9.89 Å². The van der Waals surface area contributed by atoms with Crippen molar-refractivity contribution in [2.45, 2.75) is 25.8 Å². The van der Waals surface area contributed by atoms with Gasteiger partial charge in [-0.15, -0.1) is 0 Å². The number of H-pyrrole nitrogens is 1. The maximum absolute atomic E-state index is 12.0. The number of furan rings is 1. The van der Waals surface area contributed by atoms with Gasteiger partial charge in [0.05, 0.1) is 6.54 Å². The average molecular weight is 260 g/mol. The molecular formula is C13H16N4O2. The number of carbonyl (C=O) groups excluding carboxylic acids is 1. The molecule has 3 rings (SSSR count). The summed E-state index contributed by atoms with van der Waals surface area (Å²) >= 11 is 0. The Hall–Kier alpha value is -2.11. The zero-order chi connectivity index (χ0) is 13.4. The minimum absolute atomic E-state index is 0.199. The van der Waals surface area contributed by atoms with Gasteiger partial charge in [0.1, 0.15) is 17.8 Å². The topological polar surface area (TPSA) is 75.0 Å². The second kappa shape index (κ2) is 4.53. The summed E-state index contributed by atoms with van der Waals surface area (Å²) in [5.74, 6) is 3.14. The van der Waals surface area contributed by atoms with Gasteiger partial charge in [0, 0.05) is 13.0 Å². The fourth-order valence-corrected chi connectivity index (χ4v) is 2.19. The van der Waals surface area contributed by atoms with Crippen molar-refractivity contribution >= 4 is 5.91 Å². The third kappa shape index (κ3) is 2.38. The van der Waals surface area contributed by atoms with Crippen LogP contribution in [0.15, 0.2) is 22.9 Å². The molecule has 1 N–H and O–H groups in total. The van der Waals surface area contributed by atoms with Crippen molar-refractivity contribution in [3.05, 3.63) is 35.8 Å². The number of aromatic amines is 1. The molecule has 1 aliphatic carbocycles. The van der Waals surface area contributed by atoms with Crippen LogP contribution >= 0.6 is 0 Å². The molecule has 0 saturated heterocycles. The molecule has 2 unspecified atom stereocenters. The summed E-state index contributed by atoms with van der Waals surface area (Å²) in [6, 6.07) is 3.95. The van der Waals surface area contributed by atoms with E-state index in [4.69, 9.17) is 4.42 Å². The molecule has 2 heterocycles. The SMILES string of the molecule is CC1CC1c1ccc(CN(C)C(=O)c2ncn[nH]2)o1. The highest BCUT2D eigenvalue weighted by molar-refractivity contribution is 5.89. The molecule has 1 fully saturated rings. The first-order valence-electron chi connectivity index (χ1n) is 6.34. The molecule has 0 aliphatic heterocycles. The Balaban J connectivity index is 1.64. The fraction of sp³-hybridized carbons (Fsp3) is 0.462. The molecule has 19 heavy (non-hydrogen) atoms. The van der Waals surface area contributed by atoms with Crippen LogP contribution in [0, 0.1) is 5.92 Å². The lowest BCUT2D eigenvalue weighted by Gasteiger charge is -2.13. The molecule has 0 bridgehead atoms. The fourth-order valence-electron chi connectivity index (χ4n) is 2.19. The largest absolute Gasteiger partial charge is 0.464 e. The number of hydrogen-bond acceptors (Lipinski definition) is 4.